The molecule has 1 atom stereocenters. The second kappa shape index (κ2) is 7.33. The number of hydrogen-bond acceptors (Lipinski definition) is 3. The quantitative estimate of drug-likeness (QED) is 0.860. The minimum Gasteiger partial charge on any atom is -0.350 e. The zero-order valence-corrected chi connectivity index (χ0v) is 12.5. The molecule has 0 bridgehead atoms. The Morgan fingerprint density at radius 2 is 2.15 bits per heavy atom. The minimum absolute atomic E-state index is 0.0141. The third kappa shape index (κ3) is 4.27. The van der Waals surface area contributed by atoms with E-state index in [1.807, 2.05) is 29.4 Å². The summed E-state index contributed by atoms with van der Waals surface area (Å²) in [4.78, 5) is 25.3. The molecule has 1 N–H and O–H groups in total. The molecule has 5 heteroatoms. The van der Waals surface area contributed by atoms with Gasteiger partial charge in [0.05, 0.1) is 11.8 Å². The van der Waals surface area contributed by atoms with Gasteiger partial charge in [0.2, 0.25) is 11.8 Å². The van der Waals surface area contributed by atoms with Crippen LogP contribution >= 0.6 is 11.8 Å². The number of hydrogen-bond donors (Lipinski definition) is 1. The smallest absolute Gasteiger partial charge is 0.230 e. The molecule has 0 aromatic heterocycles. The summed E-state index contributed by atoms with van der Waals surface area (Å²) in [5.74, 6) is 0.602. The van der Waals surface area contributed by atoms with Crippen molar-refractivity contribution in [2.75, 3.05) is 25.1 Å². The van der Waals surface area contributed by atoms with E-state index in [0.717, 1.165) is 13.0 Å². The van der Waals surface area contributed by atoms with Crippen molar-refractivity contribution in [3.05, 3.63) is 35.9 Å². The lowest BCUT2D eigenvalue weighted by molar-refractivity contribution is -0.127. The Hall–Kier alpha value is -1.49. The van der Waals surface area contributed by atoms with E-state index in [1.54, 1.807) is 0 Å². The average Bonchev–Trinajstić information content (AvgIpc) is 2.78. The van der Waals surface area contributed by atoms with Crippen molar-refractivity contribution in [2.24, 2.45) is 0 Å². The van der Waals surface area contributed by atoms with E-state index in [2.05, 4.69) is 17.4 Å². The van der Waals surface area contributed by atoms with Crippen molar-refractivity contribution < 1.29 is 9.59 Å². The molecule has 1 aliphatic heterocycles. The molecule has 108 valence electrons. The number of thioether (sulfide) groups is 1. The molecule has 1 aromatic rings. The topological polar surface area (TPSA) is 49.4 Å². The highest BCUT2D eigenvalue weighted by molar-refractivity contribution is 7.99. The minimum atomic E-state index is -0.0297. The number of carbonyl (C=O) groups excluding carboxylic acids is 2. The highest BCUT2D eigenvalue weighted by Crippen LogP contribution is 2.12. The van der Waals surface area contributed by atoms with Gasteiger partial charge >= 0.3 is 0 Å². The fourth-order valence-electron chi connectivity index (χ4n) is 2.39. The van der Waals surface area contributed by atoms with Crippen molar-refractivity contribution in [3.8, 4) is 0 Å². The number of likely N-dealkylation sites (tertiary alicyclic amines) is 1. The highest BCUT2D eigenvalue weighted by Gasteiger charge is 2.29. The first-order chi connectivity index (χ1) is 9.69. The van der Waals surface area contributed by atoms with Crippen LogP contribution in [0.15, 0.2) is 30.3 Å². The molecule has 4 nitrogen and oxygen atoms in total. The van der Waals surface area contributed by atoms with Crippen LogP contribution in [0.3, 0.4) is 0 Å². The number of nitrogens with zero attached hydrogens (tertiary/aromatic N) is 1. The van der Waals surface area contributed by atoms with Crippen LogP contribution in [0.25, 0.3) is 0 Å². The lowest BCUT2D eigenvalue weighted by Crippen LogP contribution is -2.38. The maximum Gasteiger partial charge on any atom is 0.230 e. The Morgan fingerprint density at radius 3 is 2.85 bits per heavy atom. The average molecular weight is 292 g/mol. The van der Waals surface area contributed by atoms with Crippen LogP contribution < -0.4 is 5.32 Å². The van der Waals surface area contributed by atoms with Crippen LogP contribution in [-0.2, 0) is 16.0 Å². The van der Waals surface area contributed by atoms with E-state index in [-0.39, 0.29) is 17.9 Å². The lowest BCUT2D eigenvalue weighted by Gasteiger charge is -2.17. The molecule has 1 saturated heterocycles. The summed E-state index contributed by atoms with van der Waals surface area (Å²) in [7, 11) is 0. The monoisotopic (exact) mass is 292 g/mol. The van der Waals surface area contributed by atoms with Gasteiger partial charge in [-0.1, -0.05) is 30.3 Å². The first-order valence-electron chi connectivity index (χ1n) is 6.79. The highest BCUT2D eigenvalue weighted by atomic mass is 32.2. The summed E-state index contributed by atoms with van der Waals surface area (Å²) >= 11 is 1.49. The summed E-state index contributed by atoms with van der Waals surface area (Å²) in [6.07, 6.45) is 3.18. The molecule has 2 amide bonds. The van der Waals surface area contributed by atoms with Gasteiger partial charge in [-0.05, 0) is 18.2 Å². The maximum absolute atomic E-state index is 11.9. The van der Waals surface area contributed by atoms with Gasteiger partial charge in [0.15, 0.2) is 0 Å². The predicted molar refractivity (Wildman–Crippen MR) is 81.7 cm³/mol. The molecule has 1 fully saturated rings. The second-order valence-electron chi connectivity index (χ2n) is 4.98. The number of carbonyl (C=O) groups is 2. The number of nitrogens with one attached hydrogen (secondary N) is 1. The van der Waals surface area contributed by atoms with Gasteiger partial charge in [-0.25, -0.2) is 0 Å². The zero-order valence-electron chi connectivity index (χ0n) is 11.7. The first kappa shape index (κ1) is 14.9. The second-order valence-corrected chi connectivity index (χ2v) is 5.84. The van der Waals surface area contributed by atoms with E-state index in [9.17, 15) is 9.59 Å². The molecule has 1 aromatic carbocycles. The fourth-order valence-corrected chi connectivity index (χ4v) is 2.74. The Kier molecular flexibility index (Phi) is 5.47. The van der Waals surface area contributed by atoms with Crippen molar-refractivity contribution >= 4 is 23.6 Å². The van der Waals surface area contributed by atoms with Crippen LogP contribution in [0.4, 0.5) is 0 Å². The van der Waals surface area contributed by atoms with Crippen LogP contribution in [0, 0.1) is 0 Å². The Labute approximate surface area is 123 Å². The number of amides is 2. The summed E-state index contributed by atoms with van der Waals surface area (Å²) < 4.78 is 0. The van der Waals surface area contributed by atoms with E-state index < -0.39 is 0 Å². The summed E-state index contributed by atoms with van der Waals surface area (Å²) in [5, 5.41) is 2.92. The molecule has 0 radical (unpaired) electrons. The Bertz CT molecular complexity index is 464. The Morgan fingerprint density at radius 1 is 1.40 bits per heavy atom. The van der Waals surface area contributed by atoms with Crippen LogP contribution in [0.1, 0.15) is 12.0 Å². The molecule has 0 spiro atoms. The molecule has 20 heavy (non-hydrogen) atoms. The first-order valence-corrected chi connectivity index (χ1v) is 8.18. The molecular formula is C15H20N2O2S. The van der Waals surface area contributed by atoms with Crippen molar-refractivity contribution in [1.29, 1.82) is 0 Å². The third-order valence-corrected chi connectivity index (χ3v) is 3.92. The maximum atomic E-state index is 11.9. The Balaban J connectivity index is 1.79. The molecule has 0 unspecified atom stereocenters. The zero-order chi connectivity index (χ0) is 14.4. The van der Waals surface area contributed by atoms with Crippen LogP contribution in [0.2, 0.25) is 0 Å². The van der Waals surface area contributed by atoms with E-state index in [4.69, 9.17) is 0 Å². The SMILES string of the molecule is CSCC(=O)N[C@@H]1CC(=O)N(CCc2ccccc2)C1. The van der Waals surface area contributed by atoms with Gasteiger partial charge in [0.25, 0.3) is 0 Å². The predicted octanol–water partition coefficient (Wildman–Crippen LogP) is 1.31. The van der Waals surface area contributed by atoms with Crippen LogP contribution in [-0.4, -0.2) is 47.9 Å². The van der Waals surface area contributed by atoms with Crippen molar-refractivity contribution in [1.82, 2.24) is 10.2 Å². The molecule has 0 saturated carbocycles. The van der Waals surface area contributed by atoms with Gasteiger partial charge in [-0.2, -0.15) is 11.8 Å². The third-order valence-electron chi connectivity index (χ3n) is 3.37. The van der Waals surface area contributed by atoms with Gasteiger partial charge < -0.3 is 10.2 Å². The van der Waals surface area contributed by atoms with Crippen molar-refractivity contribution in [3.63, 3.8) is 0 Å². The molecule has 1 heterocycles. The van der Waals surface area contributed by atoms with E-state index in [1.165, 1.54) is 17.3 Å². The summed E-state index contributed by atoms with van der Waals surface area (Å²) in [6, 6.07) is 10.1. The van der Waals surface area contributed by atoms with Gasteiger partial charge in [0.1, 0.15) is 0 Å². The standard InChI is InChI=1S/C15H20N2O2S/c1-20-11-14(18)16-13-9-15(19)17(10-13)8-7-12-5-3-2-4-6-12/h2-6,13H,7-11H2,1H3,(H,16,18)/t13-/m1/s1. The largest absolute Gasteiger partial charge is 0.350 e. The van der Waals surface area contributed by atoms with E-state index >= 15 is 0 Å². The van der Waals surface area contributed by atoms with Gasteiger partial charge in [0, 0.05) is 19.5 Å². The van der Waals surface area contributed by atoms with Gasteiger partial charge in [-0.15, -0.1) is 0 Å². The molecule has 2 rings (SSSR count). The normalized spacial score (nSPS) is 18.4. The number of benzene rings is 1. The van der Waals surface area contributed by atoms with Crippen LogP contribution in [0.5, 0.6) is 0 Å². The lowest BCUT2D eigenvalue weighted by atomic mass is 10.1. The molecule has 1 aliphatic rings. The van der Waals surface area contributed by atoms with E-state index in [0.29, 0.717) is 18.7 Å². The number of rotatable bonds is 6. The summed E-state index contributed by atoms with van der Waals surface area (Å²) in [6.45, 7) is 1.35. The fraction of sp³-hybridized carbons (Fsp3) is 0.467. The molecule has 0 aliphatic carbocycles. The summed E-state index contributed by atoms with van der Waals surface area (Å²) in [5.41, 5.74) is 1.23. The van der Waals surface area contributed by atoms with Crippen molar-refractivity contribution in [2.45, 2.75) is 18.9 Å². The van der Waals surface area contributed by atoms with Gasteiger partial charge in [-0.3, -0.25) is 9.59 Å². The molecular weight excluding hydrogens is 272 g/mol.